The first kappa shape index (κ1) is 16.5. The predicted octanol–water partition coefficient (Wildman–Crippen LogP) is 4.01. The molecule has 1 aromatic heterocycles. The highest BCUT2D eigenvalue weighted by Crippen LogP contribution is 2.40. The summed E-state index contributed by atoms with van der Waals surface area (Å²) in [5.74, 6) is 1.24. The molecule has 1 amide bonds. The lowest BCUT2D eigenvalue weighted by molar-refractivity contribution is 0.102. The topological polar surface area (TPSA) is 77.2 Å². The molecule has 26 heavy (non-hydrogen) atoms. The summed E-state index contributed by atoms with van der Waals surface area (Å²) < 4.78 is 10.5. The highest BCUT2D eigenvalue weighted by molar-refractivity contribution is 6.04. The van der Waals surface area contributed by atoms with Gasteiger partial charge in [-0.2, -0.15) is 0 Å². The number of anilines is 1. The zero-order valence-electron chi connectivity index (χ0n) is 14.4. The lowest BCUT2D eigenvalue weighted by atomic mass is 10.1. The van der Waals surface area contributed by atoms with Crippen molar-refractivity contribution in [2.75, 3.05) is 12.4 Å². The number of methoxy groups -OCH3 is 1. The largest absolute Gasteiger partial charge is 0.418 e. The summed E-state index contributed by atoms with van der Waals surface area (Å²) in [6.45, 7) is 0.254. The Balaban J connectivity index is 1.51. The fourth-order valence-corrected chi connectivity index (χ4v) is 2.84. The number of ether oxygens (including phenoxy) is 1. The minimum absolute atomic E-state index is 0.170. The summed E-state index contributed by atoms with van der Waals surface area (Å²) in [6, 6.07) is 15.2. The van der Waals surface area contributed by atoms with E-state index in [0.717, 1.165) is 5.69 Å². The highest BCUT2D eigenvalue weighted by Gasteiger charge is 2.23. The summed E-state index contributed by atoms with van der Waals surface area (Å²) in [6.07, 6.45) is 2.46. The van der Waals surface area contributed by atoms with Gasteiger partial charge in [-0.3, -0.25) is 4.79 Å². The van der Waals surface area contributed by atoms with Crippen LogP contribution in [0.4, 0.5) is 5.69 Å². The van der Waals surface area contributed by atoms with Crippen molar-refractivity contribution in [3.8, 4) is 11.5 Å². The van der Waals surface area contributed by atoms with Gasteiger partial charge in [-0.15, -0.1) is 10.2 Å². The molecule has 1 N–H and O–H groups in total. The van der Waals surface area contributed by atoms with Crippen molar-refractivity contribution in [3.63, 3.8) is 0 Å². The number of benzene rings is 2. The number of aromatic nitrogens is 2. The Labute approximate surface area is 151 Å². The van der Waals surface area contributed by atoms with Gasteiger partial charge in [-0.05, 0) is 54.7 Å². The van der Waals surface area contributed by atoms with Crippen molar-refractivity contribution >= 4 is 11.6 Å². The SMILES string of the molecule is COCc1nnc(-c2cccc(C(=O)Nc3cccc(C4CC4)c3)c2)o1. The van der Waals surface area contributed by atoms with E-state index in [4.69, 9.17) is 9.15 Å². The first-order valence-corrected chi connectivity index (χ1v) is 8.56. The average molecular weight is 349 g/mol. The first-order chi connectivity index (χ1) is 12.7. The van der Waals surface area contributed by atoms with E-state index in [1.807, 2.05) is 18.2 Å². The molecule has 0 spiro atoms. The molecule has 0 saturated heterocycles. The summed E-state index contributed by atoms with van der Waals surface area (Å²) in [5.41, 5.74) is 3.32. The van der Waals surface area contributed by atoms with E-state index in [0.29, 0.717) is 28.8 Å². The molecule has 6 heteroatoms. The van der Waals surface area contributed by atoms with Crippen LogP contribution in [0, 0.1) is 0 Å². The Morgan fingerprint density at radius 1 is 1.19 bits per heavy atom. The molecule has 4 rings (SSSR count). The van der Waals surface area contributed by atoms with Crippen LogP contribution in [-0.4, -0.2) is 23.2 Å². The predicted molar refractivity (Wildman–Crippen MR) is 96.8 cm³/mol. The Bertz CT molecular complexity index is 931. The number of amides is 1. The number of carbonyl (C=O) groups excluding carboxylic acids is 1. The van der Waals surface area contributed by atoms with Gasteiger partial charge in [0.05, 0.1) is 0 Å². The molecule has 1 aliphatic rings. The molecular formula is C20H19N3O3. The number of nitrogens with zero attached hydrogens (tertiary/aromatic N) is 2. The second kappa shape index (κ2) is 7.09. The molecule has 6 nitrogen and oxygen atoms in total. The number of hydrogen-bond acceptors (Lipinski definition) is 5. The average Bonchev–Trinajstić information content (AvgIpc) is 3.42. The third-order valence-corrected chi connectivity index (χ3v) is 4.30. The van der Waals surface area contributed by atoms with E-state index in [1.165, 1.54) is 18.4 Å². The van der Waals surface area contributed by atoms with Gasteiger partial charge in [0.25, 0.3) is 5.91 Å². The molecule has 132 valence electrons. The second-order valence-electron chi connectivity index (χ2n) is 6.37. The molecule has 1 fully saturated rings. The van der Waals surface area contributed by atoms with Crippen LogP contribution >= 0.6 is 0 Å². The van der Waals surface area contributed by atoms with Gasteiger partial charge >= 0.3 is 0 Å². The van der Waals surface area contributed by atoms with Crippen LogP contribution in [-0.2, 0) is 11.3 Å². The molecule has 1 aliphatic carbocycles. The highest BCUT2D eigenvalue weighted by atomic mass is 16.5. The van der Waals surface area contributed by atoms with E-state index < -0.39 is 0 Å². The molecule has 1 heterocycles. The van der Waals surface area contributed by atoms with Crippen molar-refractivity contribution in [1.29, 1.82) is 0 Å². The van der Waals surface area contributed by atoms with Gasteiger partial charge < -0.3 is 14.5 Å². The minimum Gasteiger partial charge on any atom is -0.418 e. The van der Waals surface area contributed by atoms with Crippen LogP contribution in [0.2, 0.25) is 0 Å². The third-order valence-electron chi connectivity index (χ3n) is 4.30. The van der Waals surface area contributed by atoms with Crippen LogP contribution in [0.15, 0.2) is 52.9 Å². The molecule has 0 unspecified atom stereocenters. The van der Waals surface area contributed by atoms with Gasteiger partial charge in [0.15, 0.2) is 0 Å². The van der Waals surface area contributed by atoms with Gasteiger partial charge in [0.1, 0.15) is 6.61 Å². The molecule has 1 saturated carbocycles. The normalized spacial score (nSPS) is 13.6. The first-order valence-electron chi connectivity index (χ1n) is 8.56. The van der Waals surface area contributed by atoms with Gasteiger partial charge in [0.2, 0.25) is 11.8 Å². The Kier molecular flexibility index (Phi) is 4.50. The number of carbonyl (C=O) groups is 1. The summed E-state index contributed by atoms with van der Waals surface area (Å²) in [7, 11) is 1.56. The van der Waals surface area contributed by atoms with Crippen LogP contribution in [0.5, 0.6) is 0 Å². The molecule has 0 bridgehead atoms. The summed E-state index contributed by atoms with van der Waals surface area (Å²) in [4.78, 5) is 12.6. The van der Waals surface area contributed by atoms with E-state index in [-0.39, 0.29) is 12.5 Å². The molecule has 2 aromatic carbocycles. The van der Waals surface area contributed by atoms with E-state index >= 15 is 0 Å². The fourth-order valence-electron chi connectivity index (χ4n) is 2.84. The quantitative estimate of drug-likeness (QED) is 0.727. The standard InChI is InChI=1S/C20H19N3O3/c1-25-12-18-22-23-20(26-18)16-6-2-5-15(10-16)19(24)21-17-7-3-4-14(11-17)13-8-9-13/h2-7,10-11,13H,8-9,12H2,1H3,(H,21,24). The maximum atomic E-state index is 12.6. The Hall–Kier alpha value is -2.99. The van der Waals surface area contributed by atoms with Gasteiger partial charge in [-0.25, -0.2) is 0 Å². The van der Waals surface area contributed by atoms with Crippen LogP contribution in [0.3, 0.4) is 0 Å². The van der Waals surface area contributed by atoms with Crippen molar-refractivity contribution in [3.05, 3.63) is 65.5 Å². The lowest BCUT2D eigenvalue weighted by Crippen LogP contribution is -2.12. The second-order valence-corrected chi connectivity index (χ2v) is 6.37. The zero-order chi connectivity index (χ0) is 17.9. The molecule has 0 aliphatic heterocycles. The van der Waals surface area contributed by atoms with Crippen LogP contribution < -0.4 is 5.32 Å². The summed E-state index contributed by atoms with van der Waals surface area (Å²) in [5, 5.41) is 10.9. The van der Waals surface area contributed by atoms with E-state index in [1.54, 1.807) is 25.3 Å². The maximum absolute atomic E-state index is 12.6. The van der Waals surface area contributed by atoms with Crippen molar-refractivity contribution in [1.82, 2.24) is 10.2 Å². The zero-order valence-corrected chi connectivity index (χ0v) is 14.4. The third kappa shape index (κ3) is 3.65. The lowest BCUT2D eigenvalue weighted by Gasteiger charge is -2.08. The Morgan fingerprint density at radius 3 is 2.85 bits per heavy atom. The van der Waals surface area contributed by atoms with Crippen molar-refractivity contribution in [2.45, 2.75) is 25.4 Å². The monoisotopic (exact) mass is 349 g/mol. The minimum atomic E-state index is -0.170. The molecule has 0 radical (unpaired) electrons. The van der Waals surface area contributed by atoms with Crippen molar-refractivity contribution < 1.29 is 13.9 Å². The number of hydrogen-bond donors (Lipinski definition) is 1. The molecule has 0 atom stereocenters. The smallest absolute Gasteiger partial charge is 0.255 e. The Morgan fingerprint density at radius 2 is 2.04 bits per heavy atom. The van der Waals surface area contributed by atoms with E-state index in [2.05, 4.69) is 27.6 Å². The number of rotatable bonds is 6. The maximum Gasteiger partial charge on any atom is 0.255 e. The summed E-state index contributed by atoms with van der Waals surface area (Å²) >= 11 is 0. The fraction of sp³-hybridized carbons (Fsp3) is 0.250. The van der Waals surface area contributed by atoms with Crippen molar-refractivity contribution in [2.24, 2.45) is 0 Å². The molecular weight excluding hydrogens is 330 g/mol. The molecule has 3 aromatic rings. The van der Waals surface area contributed by atoms with Crippen LogP contribution in [0.1, 0.15) is 40.6 Å². The van der Waals surface area contributed by atoms with Gasteiger partial charge in [-0.1, -0.05) is 18.2 Å². The van der Waals surface area contributed by atoms with Gasteiger partial charge in [0, 0.05) is 23.9 Å². The number of nitrogens with one attached hydrogen (secondary N) is 1. The van der Waals surface area contributed by atoms with E-state index in [9.17, 15) is 4.79 Å². The van der Waals surface area contributed by atoms with Crippen LogP contribution in [0.25, 0.3) is 11.5 Å².